The van der Waals surface area contributed by atoms with Crippen molar-refractivity contribution in [3.05, 3.63) is 90.0 Å². The fraction of sp³-hybridized carbons (Fsp3) is 0.174. The molecule has 7 heteroatoms. The van der Waals surface area contributed by atoms with Crippen molar-refractivity contribution in [3.63, 3.8) is 0 Å². The summed E-state index contributed by atoms with van der Waals surface area (Å²) in [5, 5.41) is 2.86. The third kappa shape index (κ3) is 4.80. The summed E-state index contributed by atoms with van der Waals surface area (Å²) in [7, 11) is -2.06. The van der Waals surface area contributed by atoms with Crippen LogP contribution in [0.25, 0.3) is 0 Å². The Balaban J connectivity index is 1.70. The zero-order chi connectivity index (χ0) is 21.6. The van der Waals surface area contributed by atoms with Gasteiger partial charge >= 0.3 is 0 Å². The summed E-state index contributed by atoms with van der Waals surface area (Å²) in [6.07, 6.45) is 0. The van der Waals surface area contributed by atoms with Gasteiger partial charge in [0.25, 0.3) is 15.9 Å². The van der Waals surface area contributed by atoms with Gasteiger partial charge < -0.3 is 10.1 Å². The lowest BCUT2D eigenvalue weighted by atomic mass is 10.1. The van der Waals surface area contributed by atoms with Gasteiger partial charge in [-0.25, -0.2) is 8.42 Å². The van der Waals surface area contributed by atoms with Gasteiger partial charge in [-0.05, 0) is 61.0 Å². The van der Waals surface area contributed by atoms with Crippen LogP contribution in [0, 0.1) is 0 Å². The number of carbonyl (C=O) groups excluding carboxylic acids is 1. The van der Waals surface area contributed by atoms with E-state index in [9.17, 15) is 13.2 Å². The SMILES string of the molecule is CCN(c1ccc(C(=O)NCc2ccc(OC)cc2)cc1)S(=O)(=O)c1ccccc1. The second-order valence-electron chi connectivity index (χ2n) is 6.56. The Morgan fingerprint density at radius 3 is 2.13 bits per heavy atom. The molecule has 0 atom stereocenters. The molecule has 1 N–H and O–H groups in total. The lowest BCUT2D eigenvalue weighted by molar-refractivity contribution is 0.0951. The van der Waals surface area contributed by atoms with Crippen LogP contribution in [0.3, 0.4) is 0 Å². The van der Waals surface area contributed by atoms with E-state index in [1.165, 1.54) is 4.31 Å². The van der Waals surface area contributed by atoms with E-state index in [0.29, 0.717) is 17.8 Å². The maximum absolute atomic E-state index is 12.9. The van der Waals surface area contributed by atoms with Crippen LogP contribution < -0.4 is 14.4 Å². The molecule has 156 valence electrons. The van der Waals surface area contributed by atoms with Gasteiger partial charge in [-0.3, -0.25) is 9.10 Å². The Morgan fingerprint density at radius 2 is 1.57 bits per heavy atom. The fourth-order valence-corrected chi connectivity index (χ4v) is 4.51. The van der Waals surface area contributed by atoms with E-state index in [0.717, 1.165) is 11.3 Å². The molecule has 0 unspecified atom stereocenters. The van der Waals surface area contributed by atoms with Crippen molar-refractivity contribution >= 4 is 21.6 Å². The highest BCUT2D eigenvalue weighted by Gasteiger charge is 2.23. The summed E-state index contributed by atoms with van der Waals surface area (Å²) in [4.78, 5) is 12.7. The van der Waals surface area contributed by atoms with E-state index in [2.05, 4.69) is 5.32 Å². The number of carbonyl (C=O) groups is 1. The van der Waals surface area contributed by atoms with E-state index in [-0.39, 0.29) is 17.3 Å². The largest absolute Gasteiger partial charge is 0.497 e. The number of hydrogen-bond acceptors (Lipinski definition) is 4. The minimum Gasteiger partial charge on any atom is -0.497 e. The third-order valence-corrected chi connectivity index (χ3v) is 6.57. The molecule has 3 rings (SSSR count). The summed E-state index contributed by atoms with van der Waals surface area (Å²) in [6, 6.07) is 22.3. The third-order valence-electron chi connectivity index (χ3n) is 4.65. The highest BCUT2D eigenvalue weighted by atomic mass is 32.2. The number of anilines is 1. The number of rotatable bonds is 8. The van der Waals surface area contributed by atoms with Crippen LogP contribution in [0.2, 0.25) is 0 Å². The second-order valence-corrected chi connectivity index (χ2v) is 8.42. The fourth-order valence-electron chi connectivity index (χ4n) is 3.02. The monoisotopic (exact) mass is 424 g/mol. The summed E-state index contributed by atoms with van der Waals surface area (Å²) < 4.78 is 32.3. The smallest absolute Gasteiger partial charge is 0.264 e. The predicted molar refractivity (Wildman–Crippen MR) is 117 cm³/mol. The van der Waals surface area contributed by atoms with Crippen molar-refractivity contribution in [3.8, 4) is 5.75 Å². The first kappa shape index (κ1) is 21.4. The van der Waals surface area contributed by atoms with Gasteiger partial charge in [-0.15, -0.1) is 0 Å². The molecular weight excluding hydrogens is 400 g/mol. The summed E-state index contributed by atoms with van der Waals surface area (Å²) >= 11 is 0. The lowest BCUT2D eigenvalue weighted by Gasteiger charge is -2.23. The standard InChI is InChI=1S/C23H24N2O4S/c1-3-25(30(27,28)22-7-5-4-6-8-22)20-13-11-19(12-14-20)23(26)24-17-18-9-15-21(29-2)16-10-18/h4-16H,3,17H2,1-2H3,(H,24,26). The molecule has 1 amide bonds. The zero-order valence-electron chi connectivity index (χ0n) is 16.9. The number of nitrogens with zero attached hydrogens (tertiary/aromatic N) is 1. The Bertz CT molecular complexity index is 1080. The molecule has 6 nitrogen and oxygen atoms in total. The number of ether oxygens (including phenoxy) is 1. The number of methoxy groups -OCH3 is 1. The number of benzene rings is 3. The molecule has 0 heterocycles. The maximum atomic E-state index is 12.9. The average Bonchev–Trinajstić information content (AvgIpc) is 2.79. The van der Waals surface area contributed by atoms with Crippen LogP contribution in [0.5, 0.6) is 5.75 Å². The van der Waals surface area contributed by atoms with Crippen LogP contribution in [0.15, 0.2) is 83.8 Å². The van der Waals surface area contributed by atoms with Gasteiger partial charge in [0.1, 0.15) is 5.75 Å². The van der Waals surface area contributed by atoms with E-state index in [1.54, 1.807) is 68.6 Å². The molecule has 30 heavy (non-hydrogen) atoms. The van der Waals surface area contributed by atoms with E-state index >= 15 is 0 Å². The normalized spacial score (nSPS) is 11.0. The van der Waals surface area contributed by atoms with Crippen molar-refractivity contribution in [2.24, 2.45) is 0 Å². The van der Waals surface area contributed by atoms with Crippen molar-refractivity contribution in [2.75, 3.05) is 18.0 Å². The topological polar surface area (TPSA) is 75.7 Å². The van der Waals surface area contributed by atoms with Crippen LogP contribution in [-0.2, 0) is 16.6 Å². The predicted octanol–water partition coefficient (Wildman–Crippen LogP) is 3.84. The van der Waals surface area contributed by atoms with Crippen LogP contribution in [0.4, 0.5) is 5.69 Å². The molecule has 0 bridgehead atoms. The van der Waals surface area contributed by atoms with Crippen LogP contribution >= 0.6 is 0 Å². The molecule has 0 saturated carbocycles. The molecule has 0 aromatic heterocycles. The maximum Gasteiger partial charge on any atom is 0.264 e. The Kier molecular flexibility index (Phi) is 6.74. The summed E-state index contributed by atoms with van der Waals surface area (Å²) in [6.45, 7) is 2.43. The first-order chi connectivity index (χ1) is 14.5. The van der Waals surface area contributed by atoms with Gasteiger partial charge in [-0.1, -0.05) is 30.3 Å². The number of hydrogen-bond donors (Lipinski definition) is 1. The Hall–Kier alpha value is -3.32. The number of sulfonamides is 1. The van der Waals surface area contributed by atoms with Crippen molar-refractivity contribution in [1.29, 1.82) is 0 Å². The van der Waals surface area contributed by atoms with Crippen molar-refractivity contribution in [1.82, 2.24) is 5.32 Å². The highest BCUT2D eigenvalue weighted by molar-refractivity contribution is 7.92. The number of nitrogens with one attached hydrogen (secondary N) is 1. The highest BCUT2D eigenvalue weighted by Crippen LogP contribution is 2.23. The lowest BCUT2D eigenvalue weighted by Crippen LogP contribution is -2.30. The minimum absolute atomic E-state index is 0.230. The van der Waals surface area contributed by atoms with Crippen LogP contribution in [-0.4, -0.2) is 28.0 Å². The van der Waals surface area contributed by atoms with E-state index < -0.39 is 10.0 Å². The van der Waals surface area contributed by atoms with Crippen LogP contribution in [0.1, 0.15) is 22.8 Å². The quantitative estimate of drug-likeness (QED) is 0.596. The molecule has 3 aromatic rings. The van der Waals surface area contributed by atoms with Crippen molar-refractivity contribution < 1.29 is 17.9 Å². The summed E-state index contributed by atoms with van der Waals surface area (Å²) in [5.74, 6) is 0.526. The molecule has 0 saturated heterocycles. The van der Waals surface area contributed by atoms with Gasteiger partial charge in [0, 0.05) is 18.7 Å². The molecule has 0 spiro atoms. The average molecular weight is 425 g/mol. The molecule has 0 aliphatic carbocycles. The minimum atomic E-state index is -3.67. The first-order valence-corrected chi connectivity index (χ1v) is 11.0. The van der Waals surface area contributed by atoms with E-state index in [4.69, 9.17) is 4.74 Å². The van der Waals surface area contributed by atoms with Crippen molar-refractivity contribution in [2.45, 2.75) is 18.4 Å². The molecular formula is C23H24N2O4S. The second kappa shape index (κ2) is 9.45. The van der Waals surface area contributed by atoms with Gasteiger partial charge in [0.05, 0.1) is 17.7 Å². The zero-order valence-corrected chi connectivity index (χ0v) is 17.7. The molecule has 0 radical (unpaired) electrons. The van der Waals surface area contributed by atoms with Gasteiger partial charge in [-0.2, -0.15) is 0 Å². The Morgan fingerprint density at radius 1 is 0.933 bits per heavy atom. The summed E-state index contributed by atoms with van der Waals surface area (Å²) in [5.41, 5.74) is 1.92. The Labute approximate surface area is 177 Å². The van der Waals surface area contributed by atoms with E-state index in [1.807, 2.05) is 24.3 Å². The molecule has 0 aliphatic rings. The van der Waals surface area contributed by atoms with Gasteiger partial charge in [0.15, 0.2) is 0 Å². The molecule has 0 fully saturated rings. The first-order valence-electron chi connectivity index (χ1n) is 9.54. The van der Waals surface area contributed by atoms with Gasteiger partial charge in [0.2, 0.25) is 0 Å². The molecule has 0 aliphatic heterocycles. The molecule has 3 aromatic carbocycles. The number of amides is 1.